The number of para-hydroxylation sites is 4. The maximum atomic E-state index is 11.5. The number of carboxylic acid groups (broad SMARTS) is 1. The number of aliphatic carboxylic acids is 1. The van der Waals surface area contributed by atoms with E-state index in [1.807, 2.05) is 79.0 Å². The molecule has 0 spiro atoms. The van der Waals surface area contributed by atoms with E-state index in [1.165, 1.54) is 0 Å². The monoisotopic (exact) mass is 504 g/mol. The maximum Gasteiger partial charge on any atom is 0.307 e. The van der Waals surface area contributed by atoms with Crippen molar-refractivity contribution in [1.29, 1.82) is 0 Å². The SMILES string of the molecule is O=C(O)Cc1cn(Cc2ccccc2)c2ccc(OCCCN3c4ccccc4Oc4ccccc43)cc12. The minimum atomic E-state index is -0.846. The quantitative estimate of drug-likeness (QED) is 0.218. The number of hydrogen-bond donors (Lipinski definition) is 1. The molecule has 0 radical (unpaired) electrons. The number of ether oxygens (including phenoxy) is 2. The number of carbonyl (C=O) groups is 1. The first-order chi connectivity index (χ1) is 18.7. The summed E-state index contributed by atoms with van der Waals surface area (Å²) in [4.78, 5) is 13.8. The average Bonchev–Trinajstić information content (AvgIpc) is 3.26. The summed E-state index contributed by atoms with van der Waals surface area (Å²) in [5, 5.41) is 10.4. The molecule has 0 aliphatic carbocycles. The Labute approximate surface area is 221 Å². The van der Waals surface area contributed by atoms with Gasteiger partial charge in [0.05, 0.1) is 24.4 Å². The first-order valence-electron chi connectivity index (χ1n) is 12.8. The molecule has 1 aliphatic heterocycles. The molecule has 0 amide bonds. The van der Waals surface area contributed by atoms with Gasteiger partial charge < -0.3 is 24.0 Å². The van der Waals surface area contributed by atoms with E-state index in [2.05, 4.69) is 33.7 Å². The van der Waals surface area contributed by atoms with Crippen molar-refractivity contribution in [3.8, 4) is 17.2 Å². The van der Waals surface area contributed by atoms with Gasteiger partial charge in [0.2, 0.25) is 0 Å². The summed E-state index contributed by atoms with van der Waals surface area (Å²) >= 11 is 0. The normalized spacial score (nSPS) is 12.1. The largest absolute Gasteiger partial charge is 0.494 e. The Balaban J connectivity index is 1.18. The zero-order valence-corrected chi connectivity index (χ0v) is 20.9. The van der Waals surface area contributed by atoms with Gasteiger partial charge in [-0.25, -0.2) is 0 Å². The summed E-state index contributed by atoms with van der Waals surface area (Å²) in [7, 11) is 0. The lowest BCUT2D eigenvalue weighted by Gasteiger charge is -2.32. The van der Waals surface area contributed by atoms with Crippen LogP contribution >= 0.6 is 0 Å². The lowest BCUT2D eigenvalue weighted by atomic mass is 10.1. The molecule has 0 atom stereocenters. The van der Waals surface area contributed by atoms with Crippen LogP contribution < -0.4 is 14.4 Å². The molecular weight excluding hydrogens is 476 g/mol. The van der Waals surface area contributed by atoms with Crippen LogP contribution in [0.4, 0.5) is 11.4 Å². The Bertz CT molecular complexity index is 1550. The Morgan fingerprint density at radius 2 is 1.53 bits per heavy atom. The van der Waals surface area contributed by atoms with E-state index in [4.69, 9.17) is 9.47 Å². The molecule has 1 aliphatic rings. The minimum absolute atomic E-state index is 0.0302. The van der Waals surface area contributed by atoms with Gasteiger partial charge in [0.25, 0.3) is 0 Å². The maximum absolute atomic E-state index is 11.5. The van der Waals surface area contributed by atoms with Crippen LogP contribution in [0.3, 0.4) is 0 Å². The Morgan fingerprint density at radius 1 is 0.842 bits per heavy atom. The Kier molecular flexibility index (Phi) is 6.44. The second-order valence-electron chi connectivity index (χ2n) is 9.41. The lowest BCUT2D eigenvalue weighted by Crippen LogP contribution is -2.23. The smallest absolute Gasteiger partial charge is 0.307 e. The van der Waals surface area contributed by atoms with E-state index < -0.39 is 5.97 Å². The molecule has 38 heavy (non-hydrogen) atoms. The third-order valence-electron chi connectivity index (χ3n) is 6.80. The van der Waals surface area contributed by atoms with Gasteiger partial charge in [0.15, 0.2) is 11.5 Å². The number of benzene rings is 4. The van der Waals surface area contributed by atoms with Crippen molar-refractivity contribution in [2.75, 3.05) is 18.1 Å². The predicted octanol–water partition coefficient (Wildman–Crippen LogP) is 7.03. The zero-order valence-electron chi connectivity index (χ0n) is 20.9. The van der Waals surface area contributed by atoms with Gasteiger partial charge in [-0.1, -0.05) is 54.6 Å². The van der Waals surface area contributed by atoms with Crippen molar-refractivity contribution in [3.63, 3.8) is 0 Å². The molecule has 6 rings (SSSR count). The standard InChI is InChI=1S/C32H28N2O4/c35-32(36)19-24-22-33(21-23-9-2-1-3-10-23)27-16-15-25(20-26(24)27)37-18-8-17-34-28-11-4-6-13-30(28)38-31-14-7-5-12-29(31)34/h1-7,9-16,20,22H,8,17-19,21H2,(H,35,36). The van der Waals surface area contributed by atoms with Crippen LogP contribution in [0, 0.1) is 0 Å². The third kappa shape index (κ3) is 4.81. The summed E-state index contributed by atoms with van der Waals surface area (Å²) in [5.74, 6) is 1.60. The highest BCUT2D eigenvalue weighted by atomic mass is 16.5. The van der Waals surface area contributed by atoms with Crippen molar-refractivity contribution in [2.24, 2.45) is 0 Å². The number of hydrogen-bond acceptors (Lipinski definition) is 4. The highest BCUT2D eigenvalue weighted by Gasteiger charge is 2.23. The summed E-state index contributed by atoms with van der Waals surface area (Å²) in [6.45, 7) is 1.99. The van der Waals surface area contributed by atoms with Crippen LogP contribution in [0.2, 0.25) is 0 Å². The van der Waals surface area contributed by atoms with Crippen molar-refractivity contribution < 1.29 is 19.4 Å². The molecule has 4 aromatic carbocycles. The Hall–Kier alpha value is -4.71. The summed E-state index contributed by atoms with van der Waals surface area (Å²) < 4.78 is 14.4. The second-order valence-corrected chi connectivity index (χ2v) is 9.41. The van der Waals surface area contributed by atoms with Gasteiger partial charge in [-0.3, -0.25) is 4.79 Å². The third-order valence-corrected chi connectivity index (χ3v) is 6.80. The zero-order chi connectivity index (χ0) is 25.9. The minimum Gasteiger partial charge on any atom is -0.494 e. The van der Waals surface area contributed by atoms with E-state index >= 15 is 0 Å². The number of anilines is 2. The van der Waals surface area contributed by atoms with Crippen LogP contribution in [0.25, 0.3) is 10.9 Å². The number of rotatable bonds is 9. The number of aromatic nitrogens is 1. The predicted molar refractivity (Wildman–Crippen MR) is 149 cm³/mol. The molecule has 2 heterocycles. The molecular formula is C32H28N2O4. The first kappa shape index (κ1) is 23.7. The van der Waals surface area contributed by atoms with Crippen LogP contribution in [-0.2, 0) is 17.8 Å². The number of nitrogens with zero attached hydrogens (tertiary/aromatic N) is 2. The van der Waals surface area contributed by atoms with E-state index in [1.54, 1.807) is 0 Å². The van der Waals surface area contributed by atoms with Gasteiger partial charge in [0.1, 0.15) is 5.75 Å². The highest BCUT2D eigenvalue weighted by molar-refractivity contribution is 5.88. The average molecular weight is 505 g/mol. The van der Waals surface area contributed by atoms with Gasteiger partial charge in [-0.15, -0.1) is 0 Å². The molecule has 5 aromatic rings. The molecule has 0 bridgehead atoms. The van der Waals surface area contributed by atoms with Gasteiger partial charge >= 0.3 is 5.97 Å². The van der Waals surface area contributed by atoms with Crippen molar-refractivity contribution in [2.45, 2.75) is 19.4 Å². The molecule has 0 saturated heterocycles. The molecule has 6 nitrogen and oxygen atoms in total. The van der Waals surface area contributed by atoms with Crippen LogP contribution in [-0.4, -0.2) is 28.8 Å². The fourth-order valence-electron chi connectivity index (χ4n) is 5.09. The molecule has 190 valence electrons. The summed E-state index contributed by atoms with van der Waals surface area (Å²) in [6.07, 6.45) is 2.72. The summed E-state index contributed by atoms with van der Waals surface area (Å²) in [6, 6.07) is 32.3. The fourth-order valence-corrected chi connectivity index (χ4v) is 5.09. The number of fused-ring (bicyclic) bond motifs is 3. The topological polar surface area (TPSA) is 63.9 Å². The highest BCUT2D eigenvalue weighted by Crippen LogP contribution is 2.46. The van der Waals surface area contributed by atoms with Crippen LogP contribution in [0.5, 0.6) is 17.2 Å². The molecule has 6 heteroatoms. The van der Waals surface area contributed by atoms with Crippen molar-refractivity contribution >= 4 is 28.2 Å². The first-order valence-corrected chi connectivity index (χ1v) is 12.8. The fraction of sp³-hybridized carbons (Fsp3) is 0.156. The van der Waals surface area contributed by atoms with E-state index in [9.17, 15) is 9.90 Å². The summed E-state index contributed by atoms with van der Waals surface area (Å²) in [5.41, 5.74) is 5.05. The molecule has 1 N–H and O–H groups in total. The molecule has 0 saturated carbocycles. The van der Waals surface area contributed by atoms with Crippen LogP contribution in [0.15, 0.2) is 103 Å². The van der Waals surface area contributed by atoms with E-state index in [0.717, 1.165) is 63.6 Å². The molecule has 0 unspecified atom stereocenters. The Morgan fingerprint density at radius 3 is 2.24 bits per heavy atom. The van der Waals surface area contributed by atoms with Crippen molar-refractivity contribution in [1.82, 2.24) is 4.57 Å². The van der Waals surface area contributed by atoms with Gasteiger partial charge in [-0.2, -0.15) is 0 Å². The van der Waals surface area contributed by atoms with Gasteiger partial charge in [0, 0.05) is 30.2 Å². The lowest BCUT2D eigenvalue weighted by molar-refractivity contribution is -0.136. The van der Waals surface area contributed by atoms with E-state index in [-0.39, 0.29) is 6.42 Å². The van der Waals surface area contributed by atoms with E-state index in [0.29, 0.717) is 13.2 Å². The van der Waals surface area contributed by atoms with Crippen LogP contribution in [0.1, 0.15) is 17.5 Å². The second kappa shape index (κ2) is 10.3. The van der Waals surface area contributed by atoms with Crippen molar-refractivity contribution in [3.05, 3.63) is 114 Å². The molecule has 0 fully saturated rings. The van der Waals surface area contributed by atoms with Gasteiger partial charge in [-0.05, 0) is 60.0 Å². The number of carboxylic acids is 1. The molecule has 1 aromatic heterocycles.